The van der Waals surface area contributed by atoms with Gasteiger partial charge in [-0.05, 0) is 30.7 Å². The average molecular weight is 371 g/mol. The second-order valence-electron chi connectivity index (χ2n) is 5.96. The molecule has 2 heterocycles. The van der Waals surface area contributed by atoms with Crippen LogP contribution in [0, 0.1) is 6.92 Å². The summed E-state index contributed by atoms with van der Waals surface area (Å²) >= 11 is 7.39. The Morgan fingerprint density at radius 1 is 1.28 bits per heavy atom. The van der Waals surface area contributed by atoms with Gasteiger partial charge < -0.3 is 4.74 Å². The predicted molar refractivity (Wildman–Crippen MR) is 100 cm³/mol. The summed E-state index contributed by atoms with van der Waals surface area (Å²) in [6.07, 6.45) is -0.0436. The number of hydrogen-bond acceptors (Lipinski definition) is 4. The summed E-state index contributed by atoms with van der Waals surface area (Å²) in [5.74, 6) is 0.515. The number of ether oxygens (including phenoxy) is 1. The number of rotatable bonds is 3. The van der Waals surface area contributed by atoms with Gasteiger partial charge in [-0.25, -0.2) is 4.98 Å². The van der Waals surface area contributed by atoms with Gasteiger partial charge in [-0.2, -0.15) is 0 Å². The van der Waals surface area contributed by atoms with E-state index in [9.17, 15) is 4.79 Å². The molecule has 0 unspecified atom stereocenters. The van der Waals surface area contributed by atoms with E-state index in [2.05, 4.69) is 10.3 Å². The average Bonchev–Trinajstić information content (AvgIpc) is 3.22. The van der Waals surface area contributed by atoms with Crippen molar-refractivity contribution in [2.75, 3.05) is 5.32 Å². The molecule has 1 aliphatic heterocycles. The zero-order valence-electron chi connectivity index (χ0n) is 13.5. The molecule has 0 spiro atoms. The van der Waals surface area contributed by atoms with Crippen LogP contribution in [-0.2, 0) is 11.2 Å². The minimum Gasteiger partial charge on any atom is -0.480 e. The van der Waals surface area contributed by atoms with Crippen molar-refractivity contribution in [2.24, 2.45) is 0 Å². The Hall–Kier alpha value is -2.37. The highest BCUT2D eigenvalue weighted by Crippen LogP contribution is 2.32. The van der Waals surface area contributed by atoms with E-state index >= 15 is 0 Å². The van der Waals surface area contributed by atoms with Crippen LogP contribution in [0.2, 0.25) is 5.02 Å². The van der Waals surface area contributed by atoms with Crippen LogP contribution in [-0.4, -0.2) is 17.0 Å². The first-order chi connectivity index (χ1) is 12.1. The van der Waals surface area contributed by atoms with Crippen LogP contribution in [0.1, 0.15) is 11.1 Å². The Balaban J connectivity index is 1.45. The van der Waals surface area contributed by atoms with Crippen LogP contribution >= 0.6 is 22.9 Å². The molecule has 0 saturated heterocycles. The highest BCUT2D eigenvalue weighted by molar-refractivity contribution is 7.14. The first-order valence-electron chi connectivity index (χ1n) is 7.87. The SMILES string of the molecule is Cc1ccc(-c2csc(NC(=O)[C@@H]3Cc4cc(Cl)ccc4O3)n2)cc1. The fourth-order valence-electron chi connectivity index (χ4n) is 2.74. The number of halogens is 1. The smallest absolute Gasteiger partial charge is 0.267 e. The molecule has 1 atom stereocenters. The standard InChI is InChI=1S/C19H15ClN2O2S/c1-11-2-4-12(5-3-11)15-10-25-19(21-15)22-18(23)17-9-13-8-14(20)6-7-16(13)24-17/h2-8,10,17H,9H2,1H3,(H,21,22,23)/t17-/m0/s1. The minimum atomic E-state index is -0.555. The maximum atomic E-state index is 12.5. The summed E-state index contributed by atoms with van der Waals surface area (Å²) < 4.78 is 5.71. The number of hydrogen-bond donors (Lipinski definition) is 1. The van der Waals surface area contributed by atoms with Gasteiger partial charge in [0.05, 0.1) is 5.69 Å². The predicted octanol–water partition coefficient (Wildman–Crippen LogP) is 4.71. The van der Waals surface area contributed by atoms with Gasteiger partial charge in [0.25, 0.3) is 5.91 Å². The third kappa shape index (κ3) is 3.38. The molecule has 0 bridgehead atoms. The van der Waals surface area contributed by atoms with E-state index in [0.29, 0.717) is 22.3 Å². The molecule has 1 amide bonds. The van der Waals surface area contributed by atoms with E-state index in [0.717, 1.165) is 16.8 Å². The van der Waals surface area contributed by atoms with Gasteiger partial charge in [-0.1, -0.05) is 41.4 Å². The molecular weight excluding hydrogens is 356 g/mol. The lowest BCUT2D eigenvalue weighted by Crippen LogP contribution is -2.31. The van der Waals surface area contributed by atoms with Crippen molar-refractivity contribution in [1.82, 2.24) is 4.98 Å². The number of aromatic nitrogens is 1. The minimum absolute atomic E-state index is 0.197. The Kier molecular flexibility index (Phi) is 4.19. The molecule has 1 aromatic heterocycles. The summed E-state index contributed by atoms with van der Waals surface area (Å²) in [5.41, 5.74) is 4.03. The lowest BCUT2D eigenvalue weighted by Gasteiger charge is -2.09. The third-order valence-electron chi connectivity index (χ3n) is 4.07. The quantitative estimate of drug-likeness (QED) is 0.726. The maximum absolute atomic E-state index is 12.5. The largest absolute Gasteiger partial charge is 0.480 e. The molecule has 4 rings (SSSR count). The van der Waals surface area contributed by atoms with Crippen molar-refractivity contribution >= 4 is 34.0 Å². The van der Waals surface area contributed by atoms with Gasteiger partial charge in [0.1, 0.15) is 5.75 Å². The molecule has 3 aromatic rings. The Bertz CT molecular complexity index is 937. The molecular formula is C19H15ClN2O2S. The number of carbonyl (C=O) groups excluding carboxylic acids is 1. The highest BCUT2D eigenvalue weighted by atomic mass is 35.5. The summed E-state index contributed by atoms with van der Waals surface area (Å²) in [5, 5.41) is 5.99. The van der Waals surface area contributed by atoms with Crippen molar-refractivity contribution in [2.45, 2.75) is 19.4 Å². The Morgan fingerprint density at radius 2 is 2.08 bits per heavy atom. The van der Waals surface area contributed by atoms with Gasteiger partial charge in [0.15, 0.2) is 11.2 Å². The molecule has 4 nitrogen and oxygen atoms in total. The van der Waals surface area contributed by atoms with Crippen LogP contribution in [0.4, 0.5) is 5.13 Å². The highest BCUT2D eigenvalue weighted by Gasteiger charge is 2.29. The van der Waals surface area contributed by atoms with Crippen molar-refractivity contribution in [3.63, 3.8) is 0 Å². The van der Waals surface area contributed by atoms with Gasteiger partial charge >= 0.3 is 0 Å². The van der Waals surface area contributed by atoms with Crippen LogP contribution in [0.15, 0.2) is 47.8 Å². The van der Waals surface area contributed by atoms with E-state index in [4.69, 9.17) is 16.3 Å². The third-order valence-corrected chi connectivity index (χ3v) is 5.06. The molecule has 0 aliphatic carbocycles. The van der Waals surface area contributed by atoms with Crippen molar-refractivity contribution in [1.29, 1.82) is 0 Å². The first-order valence-corrected chi connectivity index (χ1v) is 9.13. The Morgan fingerprint density at radius 3 is 2.88 bits per heavy atom. The van der Waals surface area contributed by atoms with Crippen LogP contribution in [0.3, 0.4) is 0 Å². The molecule has 25 heavy (non-hydrogen) atoms. The number of carbonyl (C=O) groups is 1. The molecule has 1 N–H and O–H groups in total. The van der Waals surface area contributed by atoms with Gasteiger partial charge in [-0.15, -0.1) is 11.3 Å². The van der Waals surface area contributed by atoms with Crippen molar-refractivity contribution in [3.8, 4) is 17.0 Å². The molecule has 0 radical (unpaired) electrons. The topological polar surface area (TPSA) is 51.2 Å². The normalized spacial score (nSPS) is 15.5. The summed E-state index contributed by atoms with van der Waals surface area (Å²) in [6.45, 7) is 2.04. The second kappa shape index (κ2) is 6.50. The monoisotopic (exact) mass is 370 g/mol. The van der Waals surface area contributed by atoms with E-state index in [1.807, 2.05) is 42.6 Å². The van der Waals surface area contributed by atoms with Crippen molar-refractivity contribution < 1.29 is 9.53 Å². The van der Waals surface area contributed by atoms with Crippen LogP contribution in [0.25, 0.3) is 11.3 Å². The van der Waals surface area contributed by atoms with Gasteiger partial charge in [0, 0.05) is 22.4 Å². The number of fused-ring (bicyclic) bond motifs is 1. The first kappa shape index (κ1) is 16.1. The maximum Gasteiger partial charge on any atom is 0.267 e. The summed E-state index contributed by atoms with van der Waals surface area (Å²) in [6, 6.07) is 13.5. The number of nitrogens with one attached hydrogen (secondary N) is 1. The van der Waals surface area contributed by atoms with Crippen LogP contribution in [0.5, 0.6) is 5.75 Å². The van der Waals surface area contributed by atoms with Crippen LogP contribution < -0.4 is 10.1 Å². The van der Waals surface area contributed by atoms with Crippen molar-refractivity contribution in [3.05, 3.63) is 64.0 Å². The zero-order valence-corrected chi connectivity index (χ0v) is 15.0. The van der Waals surface area contributed by atoms with Gasteiger partial charge in [0.2, 0.25) is 0 Å². The number of aryl methyl sites for hydroxylation is 1. The lowest BCUT2D eigenvalue weighted by molar-refractivity contribution is -0.122. The molecule has 2 aromatic carbocycles. The summed E-state index contributed by atoms with van der Waals surface area (Å²) in [7, 11) is 0. The molecule has 1 aliphatic rings. The molecule has 126 valence electrons. The second-order valence-corrected chi connectivity index (χ2v) is 7.25. The fraction of sp³-hybridized carbons (Fsp3) is 0.158. The number of thiazole rings is 1. The van der Waals surface area contributed by atoms with E-state index in [-0.39, 0.29) is 5.91 Å². The number of benzene rings is 2. The lowest BCUT2D eigenvalue weighted by atomic mass is 10.1. The van der Waals surface area contributed by atoms with E-state index in [1.165, 1.54) is 16.9 Å². The molecule has 0 saturated carbocycles. The Labute approximate surface area is 154 Å². The fourth-order valence-corrected chi connectivity index (χ4v) is 3.65. The molecule has 6 heteroatoms. The van der Waals surface area contributed by atoms with Gasteiger partial charge in [-0.3, -0.25) is 10.1 Å². The molecule has 0 fully saturated rings. The number of amides is 1. The van der Waals surface area contributed by atoms with E-state index < -0.39 is 6.10 Å². The summed E-state index contributed by atoms with van der Waals surface area (Å²) in [4.78, 5) is 17.0. The number of nitrogens with zero attached hydrogens (tertiary/aromatic N) is 1. The van der Waals surface area contributed by atoms with E-state index in [1.54, 1.807) is 12.1 Å². The zero-order chi connectivity index (χ0) is 17.4. The number of anilines is 1.